The average Bonchev–Trinajstić information content (AvgIpc) is 3.46. The number of benzene rings is 3. The first-order valence-electron chi connectivity index (χ1n) is 16.2. The van der Waals surface area contributed by atoms with Gasteiger partial charge in [-0.15, -0.1) is 0 Å². The summed E-state index contributed by atoms with van der Waals surface area (Å²) in [7, 11) is 2.12. The van der Waals surface area contributed by atoms with E-state index in [0.717, 1.165) is 67.6 Å². The second-order valence-electron chi connectivity index (χ2n) is 12.5. The molecule has 0 spiro atoms. The molecule has 12 heteroatoms. The molecule has 4 N–H and O–H groups in total. The fraction of sp³-hybridized carbons (Fsp3) is 0.306. The molecule has 3 aromatic carbocycles. The van der Waals surface area contributed by atoms with Gasteiger partial charge in [0.2, 0.25) is 5.56 Å². The van der Waals surface area contributed by atoms with Crippen molar-refractivity contribution in [2.24, 2.45) is 0 Å². The molecule has 5 aromatic rings. The van der Waals surface area contributed by atoms with E-state index >= 15 is 0 Å². The van der Waals surface area contributed by atoms with E-state index in [-0.39, 0.29) is 23.9 Å². The Morgan fingerprint density at radius 1 is 0.979 bits per heavy atom. The van der Waals surface area contributed by atoms with Crippen molar-refractivity contribution < 1.29 is 18.3 Å². The van der Waals surface area contributed by atoms with Gasteiger partial charge in [-0.3, -0.25) is 14.7 Å². The first-order valence-corrected chi connectivity index (χ1v) is 16.2. The Bertz CT molecular complexity index is 1970. The second-order valence-corrected chi connectivity index (χ2v) is 12.5. The highest BCUT2D eigenvalue weighted by molar-refractivity contribution is 6.11. The van der Waals surface area contributed by atoms with Crippen molar-refractivity contribution in [3.63, 3.8) is 0 Å². The topological polar surface area (TPSA) is 118 Å². The number of H-pyrrole nitrogens is 2. The molecule has 2 aliphatic heterocycles. The Hall–Kier alpha value is -5.07. The summed E-state index contributed by atoms with van der Waals surface area (Å²) in [6.45, 7) is 5.09. The largest absolute Gasteiger partial charge is 0.381 e. The van der Waals surface area contributed by atoms with Crippen molar-refractivity contribution in [3.05, 3.63) is 106 Å². The Morgan fingerprint density at radius 2 is 1.75 bits per heavy atom. The van der Waals surface area contributed by atoms with Crippen LogP contribution >= 0.6 is 0 Å². The number of fused-ring (bicyclic) bond motifs is 1. The van der Waals surface area contributed by atoms with Crippen molar-refractivity contribution in [1.82, 2.24) is 20.1 Å². The molecule has 0 saturated carbocycles. The van der Waals surface area contributed by atoms with E-state index in [0.29, 0.717) is 46.6 Å². The Morgan fingerprint density at radius 3 is 2.48 bits per heavy atom. The lowest BCUT2D eigenvalue weighted by molar-refractivity contribution is 0.0904. The molecule has 248 valence electrons. The van der Waals surface area contributed by atoms with Gasteiger partial charge in [0.25, 0.3) is 5.91 Å². The van der Waals surface area contributed by atoms with Gasteiger partial charge >= 0.3 is 0 Å². The molecule has 10 nitrogen and oxygen atoms in total. The number of carbonyl (C=O) groups excluding carboxylic acids is 1. The molecule has 0 unspecified atom stereocenters. The summed E-state index contributed by atoms with van der Waals surface area (Å²) in [6.07, 6.45) is 3.49. The van der Waals surface area contributed by atoms with Crippen molar-refractivity contribution in [1.29, 1.82) is 0 Å². The minimum Gasteiger partial charge on any atom is -0.381 e. The standard InChI is InChI=1S/C36H37F2N7O3/c1-44-8-10-45(11-9-44)28-3-4-29(32(19-28)40-27-6-12-48-13-7-27)36(47)41-35-31-17-24(14-22-15-25(37)18-26(38)16-22)30(20-33(31)42-43-35)23-2-5-34(46)39-21-23/h2-5,15-21,27,40H,6-14H2,1H3,(H,39,46)(H2,41,42,43,47). The van der Waals surface area contributed by atoms with Gasteiger partial charge in [-0.1, -0.05) is 0 Å². The number of halogens is 2. The molecule has 0 aliphatic carbocycles. The molecule has 2 fully saturated rings. The third-order valence-electron chi connectivity index (χ3n) is 9.13. The highest BCUT2D eigenvalue weighted by Crippen LogP contribution is 2.33. The first-order chi connectivity index (χ1) is 23.3. The number of aromatic nitrogens is 3. The number of hydrogen-bond donors (Lipinski definition) is 4. The number of nitrogens with zero attached hydrogens (tertiary/aromatic N) is 3. The number of rotatable bonds is 8. The predicted molar refractivity (Wildman–Crippen MR) is 183 cm³/mol. The predicted octanol–water partition coefficient (Wildman–Crippen LogP) is 5.38. The van der Waals surface area contributed by atoms with Crippen LogP contribution in [0.5, 0.6) is 0 Å². The number of hydrogen-bond acceptors (Lipinski definition) is 7. The maximum absolute atomic E-state index is 14.1. The lowest BCUT2D eigenvalue weighted by atomic mass is 9.94. The SMILES string of the molecule is CN1CCN(c2ccc(C(=O)Nc3n[nH]c4cc(-c5ccc(=O)[nH]c5)c(Cc5cc(F)cc(F)c5)cc34)c(NC3CCOCC3)c2)CC1. The minimum atomic E-state index is -0.670. The molecule has 4 heterocycles. The Kier molecular flexibility index (Phi) is 8.92. The van der Waals surface area contributed by atoms with E-state index in [1.54, 1.807) is 12.3 Å². The molecule has 0 bridgehead atoms. The third kappa shape index (κ3) is 6.95. The zero-order valence-electron chi connectivity index (χ0n) is 26.6. The molecule has 7 rings (SSSR count). The van der Waals surface area contributed by atoms with Gasteiger partial charge in [0.05, 0.1) is 11.1 Å². The maximum Gasteiger partial charge on any atom is 0.258 e. The monoisotopic (exact) mass is 653 g/mol. The quantitative estimate of drug-likeness (QED) is 0.178. The van der Waals surface area contributed by atoms with Crippen molar-refractivity contribution in [2.45, 2.75) is 25.3 Å². The summed E-state index contributed by atoms with van der Waals surface area (Å²) in [5.74, 6) is -1.33. The number of ether oxygens (including phenoxy) is 1. The van der Waals surface area contributed by atoms with Gasteiger partial charge in [0, 0.05) is 80.5 Å². The van der Waals surface area contributed by atoms with Crippen LogP contribution in [0.4, 0.5) is 26.0 Å². The Labute approximate surface area is 276 Å². The number of carbonyl (C=O) groups is 1. The van der Waals surface area contributed by atoms with Gasteiger partial charge < -0.3 is 30.2 Å². The molecule has 2 aromatic heterocycles. The third-order valence-corrected chi connectivity index (χ3v) is 9.13. The van der Waals surface area contributed by atoms with Gasteiger partial charge in [0.1, 0.15) is 11.6 Å². The van der Waals surface area contributed by atoms with E-state index in [1.165, 1.54) is 18.2 Å². The summed E-state index contributed by atoms with van der Waals surface area (Å²) in [5.41, 5.74) is 5.34. The highest BCUT2D eigenvalue weighted by atomic mass is 19.1. The molecule has 2 aliphatic rings. The van der Waals surface area contributed by atoms with Gasteiger partial charge in [-0.05, 0) is 97.1 Å². The lowest BCUT2D eigenvalue weighted by Crippen LogP contribution is -2.44. The van der Waals surface area contributed by atoms with Crippen LogP contribution in [-0.4, -0.2) is 78.5 Å². The number of amides is 1. The number of likely N-dealkylation sites (N-methyl/N-ethyl adjacent to an activating group) is 1. The van der Waals surface area contributed by atoms with Crippen LogP contribution in [-0.2, 0) is 11.2 Å². The Balaban J connectivity index is 1.23. The molecule has 0 atom stereocenters. The van der Waals surface area contributed by atoms with Crippen molar-refractivity contribution in [3.8, 4) is 11.1 Å². The van der Waals surface area contributed by atoms with Crippen molar-refractivity contribution in [2.75, 3.05) is 62.0 Å². The molecule has 2 saturated heterocycles. The van der Waals surface area contributed by atoms with E-state index in [4.69, 9.17) is 4.74 Å². The van der Waals surface area contributed by atoms with Gasteiger partial charge in [0.15, 0.2) is 5.82 Å². The fourth-order valence-corrected chi connectivity index (χ4v) is 6.48. The summed E-state index contributed by atoms with van der Waals surface area (Å²) in [6, 6.07) is 16.3. The normalized spacial score (nSPS) is 15.9. The zero-order chi connectivity index (χ0) is 33.2. The van der Waals surface area contributed by atoms with E-state index < -0.39 is 11.6 Å². The molecule has 48 heavy (non-hydrogen) atoms. The van der Waals surface area contributed by atoms with Crippen LogP contribution < -0.4 is 21.1 Å². The smallest absolute Gasteiger partial charge is 0.258 e. The van der Waals surface area contributed by atoms with Gasteiger partial charge in [-0.25, -0.2) is 8.78 Å². The van der Waals surface area contributed by atoms with Crippen LogP contribution in [0.2, 0.25) is 0 Å². The van der Waals surface area contributed by atoms with Crippen LogP contribution in [0.1, 0.15) is 34.3 Å². The van der Waals surface area contributed by atoms with Crippen molar-refractivity contribution >= 4 is 34.0 Å². The highest BCUT2D eigenvalue weighted by Gasteiger charge is 2.23. The number of pyridine rings is 1. The van der Waals surface area contributed by atoms with E-state index in [1.807, 2.05) is 24.3 Å². The molecule has 1 amide bonds. The van der Waals surface area contributed by atoms with E-state index in [9.17, 15) is 18.4 Å². The molecule has 0 radical (unpaired) electrons. The van der Waals surface area contributed by atoms with Crippen LogP contribution in [0.15, 0.2) is 71.7 Å². The van der Waals surface area contributed by atoms with E-state index in [2.05, 4.69) is 48.7 Å². The summed E-state index contributed by atoms with van der Waals surface area (Å²) < 4.78 is 33.8. The summed E-state index contributed by atoms with van der Waals surface area (Å²) >= 11 is 0. The molecular formula is C36H37F2N7O3. The van der Waals surface area contributed by atoms with Crippen LogP contribution in [0.3, 0.4) is 0 Å². The molecular weight excluding hydrogens is 616 g/mol. The maximum atomic E-state index is 14.1. The summed E-state index contributed by atoms with van der Waals surface area (Å²) in [5, 5.41) is 14.7. The van der Waals surface area contributed by atoms with Crippen LogP contribution in [0, 0.1) is 11.6 Å². The summed E-state index contributed by atoms with van der Waals surface area (Å²) in [4.78, 5) is 33.1. The minimum absolute atomic E-state index is 0.181. The second kappa shape index (κ2) is 13.6. The first kappa shape index (κ1) is 31.5. The number of nitrogens with one attached hydrogen (secondary N) is 4. The lowest BCUT2D eigenvalue weighted by Gasteiger charge is -2.34. The average molecular weight is 654 g/mol. The number of anilines is 3. The van der Waals surface area contributed by atoms with Crippen LogP contribution in [0.25, 0.3) is 22.0 Å². The number of piperazine rings is 1. The number of aromatic amines is 2. The fourth-order valence-electron chi connectivity index (χ4n) is 6.48. The zero-order valence-corrected chi connectivity index (χ0v) is 26.6. The van der Waals surface area contributed by atoms with Gasteiger partial charge in [-0.2, -0.15) is 5.10 Å².